The van der Waals surface area contributed by atoms with E-state index in [4.69, 9.17) is 20.3 Å². The van der Waals surface area contributed by atoms with Crippen LogP contribution < -0.4 is 4.74 Å². The predicted molar refractivity (Wildman–Crippen MR) is 78.1 cm³/mol. The van der Waals surface area contributed by atoms with E-state index in [9.17, 15) is 0 Å². The fraction of sp³-hybridized carbons (Fsp3) is 0.429. The third kappa shape index (κ3) is 6.19. The molecule has 0 aliphatic heterocycles. The lowest BCUT2D eigenvalue weighted by Gasteiger charge is -2.07. The number of benzene rings is 1. The number of amidine groups is 2. The molecule has 1 rings (SSSR count). The Morgan fingerprint density at radius 3 is 2.35 bits per heavy atom. The van der Waals surface area contributed by atoms with Gasteiger partial charge in [0, 0.05) is 12.2 Å². The summed E-state index contributed by atoms with van der Waals surface area (Å²) in [5, 5.41) is 22.0. The van der Waals surface area contributed by atoms with E-state index in [0.29, 0.717) is 18.8 Å². The minimum absolute atomic E-state index is 0.0226. The van der Waals surface area contributed by atoms with Crippen LogP contribution in [-0.4, -0.2) is 31.5 Å². The van der Waals surface area contributed by atoms with Gasteiger partial charge in [-0.3, -0.25) is 10.8 Å². The van der Waals surface area contributed by atoms with Gasteiger partial charge in [0.1, 0.15) is 18.2 Å². The molecule has 1 aromatic rings. The van der Waals surface area contributed by atoms with Crippen LogP contribution in [0.3, 0.4) is 0 Å². The number of ether oxygens (including phenoxy) is 2. The Hall–Kier alpha value is -2.08. The summed E-state index contributed by atoms with van der Waals surface area (Å²) < 4.78 is 10.8. The van der Waals surface area contributed by atoms with E-state index >= 15 is 0 Å². The van der Waals surface area contributed by atoms with E-state index in [1.54, 1.807) is 24.3 Å². The van der Waals surface area contributed by atoms with Gasteiger partial charge in [0.05, 0.1) is 6.61 Å². The van der Waals surface area contributed by atoms with Crippen molar-refractivity contribution in [2.45, 2.75) is 20.3 Å². The Kier molecular flexibility index (Phi) is 7.13. The van der Waals surface area contributed by atoms with Crippen LogP contribution in [0, 0.1) is 10.8 Å². The van der Waals surface area contributed by atoms with Gasteiger partial charge in [-0.25, -0.2) is 0 Å². The maximum atomic E-state index is 7.69. The molecule has 0 bridgehead atoms. The molecule has 0 heterocycles. The van der Waals surface area contributed by atoms with Crippen molar-refractivity contribution < 1.29 is 9.47 Å². The van der Waals surface area contributed by atoms with Gasteiger partial charge in [-0.15, -0.1) is 10.2 Å². The smallest absolute Gasteiger partial charge is 0.174 e. The number of rotatable bonds is 7. The van der Waals surface area contributed by atoms with Crippen molar-refractivity contribution in [3.63, 3.8) is 0 Å². The lowest BCUT2D eigenvalue weighted by atomic mass is 10.2. The summed E-state index contributed by atoms with van der Waals surface area (Å²) in [7, 11) is 0. The molecule has 6 heteroatoms. The van der Waals surface area contributed by atoms with Crippen molar-refractivity contribution in [3.05, 3.63) is 29.8 Å². The highest BCUT2D eigenvalue weighted by Gasteiger charge is 2.01. The first-order valence-electron chi connectivity index (χ1n) is 6.50. The van der Waals surface area contributed by atoms with E-state index in [0.717, 1.165) is 18.8 Å². The second kappa shape index (κ2) is 8.92. The molecule has 1 aromatic carbocycles. The lowest BCUT2D eigenvalue weighted by Crippen LogP contribution is -2.07. The number of azo groups is 1. The van der Waals surface area contributed by atoms with E-state index < -0.39 is 0 Å². The molecule has 0 aromatic heterocycles. The summed E-state index contributed by atoms with van der Waals surface area (Å²) in [6.45, 7) is 5.39. The zero-order chi connectivity index (χ0) is 14.8. The first-order valence-corrected chi connectivity index (χ1v) is 6.50. The Morgan fingerprint density at radius 1 is 1.05 bits per heavy atom. The summed E-state index contributed by atoms with van der Waals surface area (Å²) in [5.74, 6) is 0.818. The second-order valence-corrected chi connectivity index (χ2v) is 4.12. The molecule has 2 N–H and O–H groups in total. The SMILES string of the molecule is CCCOCCOc1ccc(C(=N)/N=N\C(C)=N)cc1. The molecule has 0 aliphatic rings. The van der Waals surface area contributed by atoms with Crippen LogP contribution in [0.15, 0.2) is 34.5 Å². The average molecular weight is 276 g/mol. The fourth-order valence-corrected chi connectivity index (χ4v) is 1.36. The Labute approximate surface area is 118 Å². The third-order valence-electron chi connectivity index (χ3n) is 2.27. The quantitative estimate of drug-likeness (QED) is 0.346. The maximum Gasteiger partial charge on any atom is 0.174 e. The number of nitrogens with one attached hydrogen (secondary N) is 2. The van der Waals surface area contributed by atoms with Crippen LogP contribution in [0.5, 0.6) is 5.75 Å². The molecule has 0 fully saturated rings. The average Bonchev–Trinajstić information content (AvgIpc) is 2.45. The summed E-state index contributed by atoms with van der Waals surface area (Å²) in [6.07, 6.45) is 1.00. The summed E-state index contributed by atoms with van der Waals surface area (Å²) in [5.41, 5.74) is 0.629. The highest BCUT2D eigenvalue weighted by molar-refractivity contribution is 5.97. The summed E-state index contributed by atoms with van der Waals surface area (Å²) >= 11 is 0. The molecule has 20 heavy (non-hydrogen) atoms. The fourth-order valence-electron chi connectivity index (χ4n) is 1.36. The summed E-state index contributed by atoms with van der Waals surface area (Å²) in [4.78, 5) is 0. The van der Waals surface area contributed by atoms with Crippen LogP contribution >= 0.6 is 0 Å². The minimum atomic E-state index is 0.0226. The molecular weight excluding hydrogens is 256 g/mol. The molecule has 0 saturated heterocycles. The number of nitrogens with zero attached hydrogens (tertiary/aromatic N) is 2. The Morgan fingerprint density at radius 2 is 1.75 bits per heavy atom. The molecule has 108 valence electrons. The van der Waals surface area contributed by atoms with Crippen LogP contribution in [0.4, 0.5) is 0 Å². The summed E-state index contributed by atoms with van der Waals surface area (Å²) in [6, 6.07) is 7.03. The minimum Gasteiger partial charge on any atom is -0.491 e. The molecule has 0 spiro atoms. The van der Waals surface area contributed by atoms with Gasteiger partial charge in [-0.1, -0.05) is 6.92 Å². The van der Waals surface area contributed by atoms with Crippen molar-refractivity contribution in [2.75, 3.05) is 19.8 Å². The Bertz CT molecular complexity index is 469. The predicted octanol–water partition coefficient (Wildman–Crippen LogP) is 3.27. The topological polar surface area (TPSA) is 90.9 Å². The van der Waals surface area contributed by atoms with Crippen LogP contribution in [-0.2, 0) is 4.74 Å². The van der Waals surface area contributed by atoms with Crippen molar-refractivity contribution in [1.82, 2.24) is 0 Å². The molecule has 0 saturated carbocycles. The van der Waals surface area contributed by atoms with E-state index in [2.05, 4.69) is 17.2 Å². The van der Waals surface area contributed by atoms with Crippen molar-refractivity contribution in [3.8, 4) is 5.75 Å². The van der Waals surface area contributed by atoms with E-state index in [1.807, 2.05) is 0 Å². The molecule has 0 atom stereocenters. The van der Waals surface area contributed by atoms with Crippen LogP contribution in [0.2, 0.25) is 0 Å². The van der Waals surface area contributed by atoms with Crippen molar-refractivity contribution in [1.29, 1.82) is 10.8 Å². The normalized spacial score (nSPS) is 10.7. The number of hydrogen-bond donors (Lipinski definition) is 2. The van der Waals surface area contributed by atoms with Gasteiger partial charge >= 0.3 is 0 Å². The maximum absolute atomic E-state index is 7.69. The van der Waals surface area contributed by atoms with Crippen LogP contribution in [0.25, 0.3) is 0 Å². The van der Waals surface area contributed by atoms with Gasteiger partial charge < -0.3 is 9.47 Å². The van der Waals surface area contributed by atoms with Gasteiger partial charge in [0.25, 0.3) is 0 Å². The monoisotopic (exact) mass is 276 g/mol. The zero-order valence-corrected chi connectivity index (χ0v) is 11.8. The van der Waals surface area contributed by atoms with Gasteiger partial charge in [0.15, 0.2) is 5.84 Å². The van der Waals surface area contributed by atoms with Gasteiger partial charge in [-0.2, -0.15) is 0 Å². The second-order valence-electron chi connectivity index (χ2n) is 4.12. The van der Waals surface area contributed by atoms with Crippen molar-refractivity contribution in [2.24, 2.45) is 10.2 Å². The first-order chi connectivity index (χ1) is 9.63. The zero-order valence-electron chi connectivity index (χ0n) is 11.8. The first kappa shape index (κ1) is 16.0. The van der Waals surface area contributed by atoms with Gasteiger partial charge in [0.2, 0.25) is 0 Å². The largest absolute Gasteiger partial charge is 0.491 e. The highest BCUT2D eigenvalue weighted by Crippen LogP contribution is 2.13. The molecule has 0 unspecified atom stereocenters. The number of hydrogen-bond acceptors (Lipinski definition) is 4. The van der Waals surface area contributed by atoms with E-state index in [-0.39, 0.29) is 11.7 Å². The standard InChI is InChI=1S/C14H20N4O2/c1-3-8-19-9-10-20-13-6-4-12(5-7-13)14(16)18-17-11(2)15/h4-7,15-16H,3,8-10H2,1-2H3/b15-11?,16-14?,18-17-. The van der Waals surface area contributed by atoms with E-state index in [1.165, 1.54) is 6.92 Å². The molecular formula is C14H20N4O2. The van der Waals surface area contributed by atoms with Crippen molar-refractivity contribution >= 4 is 11.7 Å². The molecule has 0 radical (unpaired) electrons. The van der Waals surface area contributed by atoms with Crippen LogP contribution in [0.1, 0.15) is 25.8 Å². The molecule has 0 aliphatic carbocycles. The van der Waals surface area contributed by atoms with Gasteiger partial charge in [-0.05, 0) is 37.6 Å². The Balaban J connectivity index is 2.43. The highest BCUT2D eigenvalue weighted by atomic mass is 16.5. The molecule has 6 nitrogen and oxygen atoms in total. The molecule has 0 amide bonds. The third-order valence-corrected chi connectivity index (χ3v) is 2.27. The lowest BCUT2D eigenvalue weighted by molar-refractivity contribution is 0.101.